The zero-order chi connectivity index (χ0) is 15.5. The molecular weight excluding hydrogens is 268 g/mol. The first-order chi connectivity index (χ1) is 10.4. The first kappa shape index (κ1) is 14.3. The fourth-order valence-electron chi connectivity index (χ4n) is 5.48. The summed E-state index contributed by atoms with van der Waals surface area (Å²) < 4.78 is 0. The van der Waals surface area contributed by atoms with Crippen LogP contribution in [0.4, 0.5) is 0 Å². The first-order valence-corrected chi connectivity index (χ1v) is 8.64. The van der Waals surface area contributed by atoms with Gasteiger partial charge in [0.05, 0.1) is 6.10 Å². The zero-order valence-corrected chi connectivity index (χ0v) is 13.9. The van der Waals surface area contributed by atoms with E-state index in [1.165, 1.54) is 17.2 Å². The van der Waals surface area contributed by atoms with Crippen molar-refractivity contribution in [2.45, 2.75) is 58.0 Å². The van der Waals surface area contributed by atoms with Gasteiger partial charge in [0.15, 0.2) is 0 Å². The Labute approximate surface area is 133 Å². The van der Waals surface area contributed by atoms with Crippen LogP contribution in [-0.4, -0.2) is 11.2 Å². The molecular formula is C21H26O. The molecule has 2 aliphatic carbocycles. The van der Waals surface area contributed by atoms with E-state index in [9.17, 15) is 5.11 Å². The number of fused-ring (bicyclic) bond motifs is 5. The van der Waals surface area contributed by atoms with E-state index in [4.69, 9.17) is 0 Å². The van der Waals surface area contributed by atoms with E-state index >= 15 is 0 Å². The van der Waals surface area contributed by atoms with Crippen LogP contribution in [0.25, 0.3) is 10.8 Å². The highest BCUT2D eigenvalue weighted by atomic mass is 16.3. The summed E-state index contributed by atoms with van der Waals surface area (Å²) in [6, 6.07) is 13.4. The lowest BCUT2D eigenvalue weighted by Gasteiger charge is -2.56. The van der Waals surface area contributed by atoms with Crippen molar-refractivity contribution in [2.75, 3.05) is 0 Å². The molecule has 116 valence electrons. The lowest BCUT2D eigenvalue weighted by molar-refractivity contribution is -0.0729. The summed E-state index contributed by atoms with van der Waals surface area (Å²) in [6.45, 7) is 6.98. The van der Waals surface area contributed by atoms with Crippen LogP contribution in [0.2, 0.25) is 0 Å². The fourth-order valence-corrected chi connectivity index (χ4v) is 5.48. The molecule has 0 unspecified atom stereocenters. The van der Waals surface area contributed by atoms with Crippen molar-refractivity contribution in [1.82, 2.24) is 0 Å². The quantitative estimate of drug-likeness (QED) is 0.737. The molecule has 4 rings (SSSR count). The summed E-state index contributed by atoms with van der Waals surface area (Å²) in [4.78, 5) is 0. The maximum Gasteiger partial charge on any atom is 0.0594 e. The minimum Gasteiger partial charge on any atom is -0.393 e. The number of rotatable bonds is 0. The third kappa shape index (κ3) is 1.75. The summed E-state index contributed by atoms with van der Waals surface area (Å²) in [5.41, 5.74) is 3.32. The molecule has 1 nitrogen and oxygen atoms in total. The molecule has 0 spiro atoms. The minimum absolute atomic E-state index is 0.0103. The van der Waals surface area contributed by atoms with E-state index in [0.29, 0.717) is 5.92 Å². The van der Waals surface area contributed by atoms with Gasteiger partial charge in [-0.15, -0.1) is 0 Å². The van der Waals surface area contributed by atoms with Crippen molar-refractivity contribution in [3.63, 3.8) is 0 Å². The monoisotopic (exact) mass is 294 g/mol. The van der Waals surface area contributed by atoms with E-state index in [2.05, 4.69) is 57.2 Å². The van der Waals surface area contributed by atoms with Crippen LogP contribution in [0, 0.1) is 11.3 Å². The van der Waals surface area contributed by atoms with Crippen LogP contribution in [0.5, 0.6) is 0 Å². The second-order valence-corrected chi connectivity index (χ2v) is 8.20. The number of hydrogen-bond acceptors (Lipinski definition) is 1. The first-order valence-electron chi connectivity index (χ1n) is 8.64. The summed E-state index contributed by atoms with van der Waals surface area (Å²) in [5.74, 6) is 0.567. The number of hydrogen-bond donors (Lipinski definition) is 1. The molecule has 0 saturated heterocycles. The molecule has 2 aromatic rings. The van der Waals surface area contributed by atoms with E-state index in [0.717, 1.165) is 19.3 Å². The van der Waals surface area contributed by atoms with Crippen LogP contribution in [-0.2, 0) is 11.8 Å². The number of aryl methyl sites for hydroxylation is 1. The average Bonchev–Trinajstić information content (AvgIpc) is 2.51. The number of aliphatic hydroxyl groups excluding tert-OH is 1. The Morgan fingerprint density at radius 3 is 2.59 bits per heavy atom. The molecule has 3 atom stereocenters. The van der Waals surface area contributed by atoms with Gasteiger partial charge in [-0.1, -0.05) is 57.2 Å². The Balaban J connectivity index is 1.92. The van der Waals surface area contributed by atoms with Crippen molar-refractivity contribution >= 4 is 10.8 Å². The number of benzene rings is 2. The number of aliphatic hydroxyl groups is 1. The summed E-state index contributed by atoms with van der Waals surface area (Å²) in [6.07, 6.45) is 4.21. The van der Waals surface area contributed by atoms with Crippen molar-refractivity contribution in [3.05, 3.63) is 47.5 Å². The summed E-state index contributed by atoms with van der Waals surface area (Å²) in [5, 5.41) is 13.3. The standard InChI is InChI=1S/C21H26O/c1-20(2)18-11-9-16-15-7-5-4-6-14(15)8-10-17(16)21(18,3)13-12-19(20)22/h4-8,10,18-19,22H,9,11-13H2,1-3H3/t18-,19-,21+/m0/s1. The highest BCUT2D eigenvalue weighted by molar-refractivity contribution is 5.87. The molecule has 0 amide bonds. The van der Waals surface area contributed by atoms with Gasteiger partial charge in [0.1, 0.15) is 0 Å². The van der Waals surface area contributed by atoms with E-state index in [1.807, 2.05) is 0 Å². The molecule has 2 aliphatic rings. The van der Waals surface area contributed by atoms with Crippen LogP contribution < -0.4 is 0 Å². The van der Waals surface area contributed by atoms with Crippen LogP contribution in [0.15, 0.2) is 36.4 Å². The van der Waals surface area contributed by atoms with Gasteiger partial charge in [-0.2, -0.15) is 0 Å². The van der Waals surface area contributed by atoms with Crippen molar-refractivity contribution < 1.29 is 5.11 Å². The SMILES string of the molecule is CC1(C)[C@@H](O)CC[C@]2(C)c3ccc4ccccc4c3CC[C@@H]12. The third-order valence-electron chi connectivity index (χ3n) is 6.80. The molecule has 0 aliphatic heterocycles. The third-order valence-corrected chi connectivity index (χ3v) is 6.80. The van der Waals surface area contributed by atoms with Gasteiger partial charge in [-0.3, -0.25) is 0 Å². The average molecular weight is 294 g/mol. The molecule has 22 heavy (non-hydrogen) atoms. The fraction of sp³-hybridized carbons (Fsp3) is 0.524. The van der Waals surface area contributed by atoms with Gasteiger partial charge < -0.3 is 5.11 Å². The molecule has 0 bridgehead atoms. The van der Waals surface area contributed by atoms with E-state index in [1.54, 1.807) is 11.1 Å². The Morgan fingerprint density at radius 2 is 1.77 bits per heavy atom. The van der Waals surface area contributed by atoms with Crippen molar-refractivity contribution in [1.29, 1.82) is 0 Å². The van der Waals surface area contributed by atoms with Gasteiger partial charge in [-0.25, -0.2) is 0 Å². The highest BCUT2D eigenvalue weighted by Crippen LogP contribution is 2.57. The largest absolute Gasteiger partial charge is 0.393 e. The predicted octanol–water partition coefficient (Wildman–Crippen LogP) is 4.84. The van der Waals surface area contributed by atoms with Crippen molar-refractivity contribution in [3.8, 4) is 0 Å². The van der Waals surface area contributed by atoms with Crippen LogP contribution >= 0.6 is 0 Å². The molecule has 0 radical (unpaired) electrons. The zero-order valence-electron chi connectivity index (χ0n) is 13.9. The van der Waals surface area contributed by atoms with Gasteiger partial charge >= 0.3 is 0 Å². The smallest absolute Gasteiger partial charge is 0.0594 e. The maximum absolute atomic E-state index is 10.5. The topological polar surface area (TPSA) is 20.2 Å². The van der Waals surface area contributed by atoms with Gasteiger partial charge in [0, 0.05) is 0 Å². The molecule has 1 saturated carbocycles. The van der Waals surface area contributed by atoms with Crippen LogP contribution in [0.3, 0.4) is 0 Å². The van der Waals surface area contributed by atoms with Gasteiger partial charge in [-0.05, 0) is 64.3 Å². The molecule has 2 aromatic carbocycles. The van der Waals surface area contributed by atoms with Crippen LogP contribution in [0.1, 0.15) is 51.2 Å². The van der Waals surface area contributed by atoms with E-state index in [-0.39, 0.29) is 16.9 Å². The molecule has 1 heteroatoms. The summed E-state index contributed by atoms with van der Waals surface area (Å²) >= 11 is 0. The van der Waals surface area contributed by atoms with E-state index < -0.39 is 0 Å². The van der Waals surface area contributed by atoms with Gasteiger partial charge in [0.25, 0.3) is 0 Å². The molecule has 0 aromatic heterocycles. The van der Waals surface area contributed by atoms with Gasteiger partial charge in [0.2, 0.25) is 0 Å². The molecule has 1 fully saturated rings. The lowest BCUT2D eigenvalue weighted by atomic mass is 9.49. The Morgan fingerprint density at radius 1 is 1.00 bits per heavy atom. The second kappa shape index (κ2) is 4.58. The Kier molecular flexibility index (Phi) is 2.97. The van der Waals surface area contributed by atoms with Crippen molar-refractivity contribution in [2.24, 2.45) is 11.3 Å². The Hall–Kier alpha value is -1.34. The maximum atomic E-state index is 10.5. The Bertz CT molecular complexity index is 730. The molecule has 1 N–H and O–H groups in total. The molecule has 0 heterocycles. The highest BCUT2D eigenvalue weighted by Gasteiger charge is 2.53. The normalized spacial score (nSPS) is 33.3. The predicted molar refractivity (Wildman–Crippen MR) is 92.1 cm³/mol. The second-order valence-electron chi connectivity index (χ2n) is 8.20. The lowest BCUT2D eigenvalue weighted by Crippen LogP contribution is -2.53. The summed E-state index contributed by atoms with van der Waals surface area (Å²) in [7, 11) is 0. The minimum atomic E-state index is -0.160.